The zero-order valence-electron chi connectivity index (χ0n) is 15.2. The molecule has 1 saturated heterocycles. The van der Waals surface area contributed by atoms with Gasteiger partial charge in [-0.2, -0.15) is 5.10 Å². The Morgan fingerprint density at radius 1 is 1.22 bits per heavy atom. The van der Waals surface area contributed by atoms with Crippen LogP contribution in [0.1, 0.15) is 12.8 Å². The molecule has 0 unspecified atom stereocenters. The third-order valence-electron chi connectivity index (χ3n) is 4.65. The van der Waals surface area contributed by atoms with Crippen LogP contribution in [0, 0.1) is 0 Å². The number of carbonyl (C=O) groups excluding carboxylic acids is 1. The quantitative estimate of drug-likeness (QED) is 0.688. The van der Waals surface area contributed by atoms with Crippen molar-refractivity contribution in [1.82, 2.24) is 15.1 Å². The molecule has 1 aliphatic rings. The first-order chi connectivity index (χ1) is 12.3. The van der Waals surface area contributed by atoms with Gasteiger partial charge < -0.3 is 16.0 Å². The highest BCUT2D eigenvalue weighted by atomic mass is 35.5. The van der Waals surface area contributed by atoms with E-state index in [2.05, 4.69) is 21.0 Å². The van der Waals surface area contributed by atoms with Gasteiger partial charge in [-0.25, -0.2) is 8.42 Å². The molecule has 0 saturated carbocycles. The molecular weight excluding hydrogens is 390 g/mol. The largest absolute Gasteiger partial charge is 0.353 e. The zero-order chi connectivity index (χ0) is 18.8. The van der Waals surface area contributed by atoms with Crippen LogP contribution in [0.15, 0.2) is 36.7 Å². The maximum absolute atomic E-state index is 12.9. The number of amides is 1. The van der Waals surface area contributed by atoms with Crippen molar-refractivity contribution in [2.24, 2.45) is 7.05 Å². The molecule has 0 atom stereocenters. The van der Waals surface area contributed by atoms with Crippen LogP contribution in [-0.4, -0.2) is 48.2 Å². The van der Waals surface area contributed by atoms with Gasteiger partial charge in [-0.05, 0) is 44.1 Å². The number of sulfone groups is 1. The van der Waals surface area contributed by atoms with Crippen LogP contribution in [0.2, 0.25) is 0 Å². The SMILES string of the molecule is Cl.Cn1cc(Nc2cccc(NC(=O)C3(S(C)(=O)=O)CCNCC3)c2)cn1. The fourth-order valence-corrected chi connectivity index (χ4v) is 4.50. The molecule has 0 aliphatic carbocycles. The second kappa shape index (κ2) is 8.28. The van der Waals surface area contributed by atoms with Gasteiger partial charge in [0.15, 0.2) is 14.6 Å². The number of hydrogen-bond donors (Lipinski definition) is 3. The molecule has 0 bridgehead atoms. The Bertz CT molecular complexity index is 907. The average molecular weight is 414 g/mol. The summed E-state index contributed by atoms with van der Waals surface area (Å²) >= 11 is 0. The number of nitrogens with zero attached hydrogens (tertiary/aromatic N) is 2. The predicted molar refractivity (Wildman–Crippen MR) is 108 cm³/mol. The number of rotatable bonds is 5. The minimum Gasteiger partial charge on any atom is -0.353 e. The second-order valence-electron chi connectivity index (χ2n) is 6.58. The maximum Gasteiger partial charge on any atom is 0.245 e. The van der Waals surface area contributed by atoms with Gasteiger partial charge >= 0.3 is 0 Å². The number of anilines is 3. The van der Waals surface area contributed by atoms with Gasteiger partial charge in [-0.3, -0.25) is 9.48 Å². The molecule has 1 amide bonds. The summed E-state index contributed by atoms with van der Waals surface area (Å²) in [4.78, 5) is 12.9. The smallest absolute Gasteiger partial charge is 0.245 e. The van der Waals surface area contributed by atoms with Gasteiger partial charge in [0.05, 0.1) is 11.9 Å². The summed E-state index contributed by atoms with van der Waals surface area (Å²) in [5.41, 5.74) is 2.14. The Balaban J connectivity index is 0.00000261. The number of halogens is 1. The van der Waals surface area contributed by atoms with Crippen LogP contribution in [0.3, 0.4) is 0 Å². The van der Waals surface area contributed by atoms with Crippen LogP contribution in [-0.2, 0) is 21.7 Å². The molecule has 0 radical (unpaired) electrons. The Labute approximate surface area is 165 Å². The molecule has 1 fully saturated rings. The van der Waals surface area contributed by atoms with Crippen LogP contribution in [0.4, 0.5) is 17.1 Å². The molecule has 1 aromatic heterocycles. The first kappa shape index (κ1) is 21.2. The van der Waals surface area contributed by atoms with E-state index in [0.717, 1.165) is 17.6 Å². The molecule has 1 aliphatic heterocycles. The standard InChI is InChI=1S/C17H23N5O3S.ClH/c1-22-12-15(11-19-22)20-13-4-3-5-14(10-13)21-16(23)17(26(2,24)25)6-8-18-9-7-17;/h3-5,10-12,18,20H,6-9H2,1-2H3,(H,21,23);1H. The lowest BCUT2D eigenvalue weighted by atomic mass is 9.95. The molecule has 2 aromatic rings. The van der Waals surface area contributed by atoms with Gasteiger partial charge in [0.2, 0.25) is 5.91 Å². The fourth-order valence-electron chi connectivity index (χ4n) is 3.17. The highest BCUT2D eigenvalue weighted by Crippen LogP contribution is 2.30. The molecule has 8 nitrogen and oxygen atoms in total. The number of carbonyl (C=O) groups is 1. The van der Waals surface area contributed by atoms with E-state index in [1.807, 2.05) is 19.3 Å². The number of aryl methyl sites for hydroxylation is 1. The van der Waals surface area contributed by atoms with Crippen molar-refractivity contribution >= 4 is 45.2 Å². The summed E-state index contributed by atoms with van der Waals surface area (Å²) in [6, 6.07) is 7.16. The monoisotopic (exact) mass is 413 g/mol. The molecule has 3 N–H and O–H groups in total. The molecule has 2 heterocycles. The molecule has 10 heteroatoms. The van der Waals surface area contributed by atoms with Crippen molar-refractivity contribution in [3.8, 4) is 0 Å². The minimum absolute atomic E-state index is 0. The van der Waals surface area contributed by atoms with Gasteiger partial charge in [0.1, 0.15) is 0 Å². The second-order valence-corrected chi connectivity index (χ2v) is 8.90. The van der Waals surface area contributed by atoms with Crippen molar-refractivity contribution in [1.29, 1.82) is 0 Å². The van der Waals surface area contributed by atoms with Gasteiger partial charge in [0.25, 0.3) is 0 Å². The maximum atomic E-state index is 12.9. The number of aromatic nitrogens is 2. The number of hydrogen-bond acceptors (Lipinski definition) is 6. The van der Waals surface area contributed by atoms with Crippen molar-refractivity contribution < 1.29 is 13.2 Å². The fraction of sp³-hybridized carbons (Fsp3) is 0.412. The van der Waals surface area contributed by atoms with Crippen molar-refractivity contribution in [3.05, 3.63) is 36.7 Å². The first-order valence-corrected chi connectivity index (χ1v) is 10.3. The average Bonchev–Trinajstić information content (AvgIpc) is 2.99. The van der Waals surface area contributed by atoms with E-state index in [1.165, 1.54) is 0 Å². The molecule has 3 rings (SSSR count). The lowest BCUT2D eigenvalue weighted by Crippen LogP contribution is -2.55. The van der Waals surface area contributed by atoms with Crippen LogP contribution >= 0.6 is 12.4 Å². The Hall–Kier alpha value is -2.10. The van der Waals surface area contributed by atoms with Gasteiger partial charge in [-0.15, -0.1) is 12.4 Å². The van der Waals surface area contributed by atoms with E-state index in [-0.39, 0.29) is 25.2 Å². The van der Waals surface area contributed by atoms with E-state index in [1.54, 1.807) is 29.1 Å². The summed E-state index contributed by atoms with van der Waals surface area (Å²) in [6.07, 6.45) is 5.20. The highest BCUT2D eigenvalue weighted by Gasteiger charge is 2.48. The topological polar surface area (TPSA) is 105 Å². The molecule has 148 valence electrons. The van der Waals surface area contributed by atoms with Crippen molar-refractivity contribution in [3.63, 3.8) is 0 Å². The van der Waals surface area contributed by atoms with E-state index in [9.17, 15) is 13.2 Å². The van der Waals surface area contributed by atoms with Gasteiger partial charge in [0, 0.05) is 30.9 Å². The van der Waals surface area contributed by atoms with E-state index in [4.69, 9.17) is 0 Å². The van der Waals surface area contributed by atoms with E-state index < -0.39 is 20.5 Å². The third kappa shape index (κ3) is 4.60. The van der Waals surface area contributed by atoms with Crippen LogP contribution in [0.25, 0.3) is 0 Å². The lowest BCUT2D eigenvalue weighted by molar-refractivity contribution is -0.119. The zero-order valence-corrected chi connectivity index (χ0v) is 16.9. The highest BCUT2D eigenvalue weighted by molar-refractivity contribution is 7.92. The Morgan fingerprint density at radius 2 is 1.89 bits per heavy atom. The number of piperidine rings is 1. The Morgan fingerprint density at radius 3 is 2.48 bits per heavy atom. The first-order valence-electron chi connectivity index (χ1n) is 8.38. The minimum atomic E-state index is -3.54. The van der Waals surface area contributed by atoms with Gasteiger partial charge in [-0.1, -0.05) is 6.07 Å². The predicted octanol–water partition coefficient (Wildman–Crippen LogP) is 1.69. The summed E-state index contributed by atoms with van der Waals surface area (Å²) in [6.45, 7) is 1.01. The van der Waals surface area contributed by atoms with Crippen LogP contribution < -0.4 is 16.0 Å². The van der Waals surface area contributed by atoms with E-state index >= 15 is 0 Å². The van der Waals surface area contributed by atoms with Crippen molar-refractivity contribution in [2.45, 2.75) is 17.6 Å². The Kier molecular flexibility index (Phi) is 6.50. The summed E-state index contributed by atoms with van der Waals surface area (Å²) < 4.78 is 25.0. The molecule has 1 aromatic carbocycles. The van der Waals surface area contributed by atoms with E-state index in [0.29, 0.717) is 18.8 Å². The summed E-state index contributed by atoms with van der Waals surface area (Å²) in [7, 11) is -1.72. The summed E-state index contributed by atoms with van der Waals surface area (Å²) in [5.74, 6) is -0.472. The summed E-state index contributed by atoms with van der Waals surface area (Å²) in [5, 5.41) is 13.2. The number of nitrogens with one attached hydrogen (secondary N) is 3. The van der Waals surface area contributed by atoms with Crippen molar-refractivity contribution in [2.75, 3.05) is 30.0 Å². The third-order valence-corrected chi connectivity index (χ3v) is 6.66. The molecular formula is C17H24ClN5O3S. The number of benzene rings is 1. The normalized spacial score (nSPS) is 16.2. The molecule has 27 heavy (non-hydrogen) atoms. The van der Waals surface area contributed by atoms with Crippen LogP contribution in [0.5, 0.6) is 0 Å². The lowest BCUT2D eigenvalue weighted by Gasteiger charge is -2.34. The molecule has 0 spiro atoms.